The number of amides is 2. The summed E-state index contributed by atoms with van der Waals surface area (Å²) in [4.78, 5) is 22.2. The number of carbonyl (C=O) groups excluding carboxylic acids is 2. The first-order valence-corrected chi connectivity index (χ1v) is 8.14. The van der Waals surface area contributed by atoms with Crippen LogP contribution in [0.2, 0.25) is 0 Å². The number of thiophene rings is 1. The molecule has 2 amide bonds. The Morgan fingerprint density at radius 3 is 2.71 bits per heavy atom. The zero-order valence-electron chi connectivity index (χ0n) is 11.0. The number of nitrogens with one attached hydrogen (secondary N) is 2. The Kier molecular flexibility index (Phi) is 4.56. The number of benzene rings is 1. The van der Waals surface area contributed by atoms with Crippen LogP contribution in [-0.4, -0.2) is 34.1 Å². The van der Waals surface area contributed by atoms with Gasteiger partial charge in [-0.1, -0.05) is 24.3 Å². The molecule has 7 nitrogen and oxygen atoms in total. The Morgan fingerprint density at radius 2 is 2.00 bits per heavy atom. The highest BCUT2D eigenvalue weighted by Gasteiger charge is 2.20. The van der Waals surface area contributed by atoms with E-state index in [1.54, 1.807) is 23.6 Å². The predicted octanol–water partition coefficient (Wildman–Crippen LogP) is 1.06. The van der Waals surface area contributed by atoms with Gasteiger partial charge in [-0.2, -0.15) is 0 Å². The molecule has 1 heterocycles. The molecule has 21 heavy (non-hydrogen) atoms. The third kappa shape index (κ3) is 3.57. The van der Waals surface area contributed by atoms with Gasteiger partial charge in [-0.05, 0) is 10.8 Å². The molecule has 2 N–H and O–H groups in total. The molecule has 0 spiro atoms. The van der Waals surface area contributed by atoms with Crippen LogP contribution in [0.4, 0.5) is 4.79 Å². The van der Waals surface area contributed by atoms with Gasteiger partial charge in [0.25, 0.3) is 10.0 Å². The molecular formula is C12H12N2O5S2. The second-order valence-electron chi connectivity index (χ2n) is 3.97. The molecule has 0 saturated heterocycles. The van der Waals surface area contributed by atoms with E-state index < -0.39 is 28.6 Å². The Bertz CT molecular complexity index is 782. The monoisotopic (exact) mass is 328 g/mol. The number of sulfonamides is 1. The van der Waals surface area contributed by atoms with E-state index in [9.17, 15) is 18.0 Å². The van der Waals surface area contributed by atoms with Crippen molar-refractivity contribution in [3.63, 3.8) is 0 Å². The van der Waals surface area contributed by atoms with Gasteiger partial charge in [-0.15, -0.1) is 11.3 Å². The Balaban J connectivity index is 2.12. The van der Waals surface area contributed by atoms with Gasteiger partial charge in [-0.3, -0.25) is 10.1 Å². The third-order valence-electron chi connectivity index (χ3n) is 2.57. The van der Waals surface area contributed by atoms with E-state index in [1.807, 2.05) is 11.4 Å². The lowest BCUT2D eigenvalue weighted by Crippen LogP contribution is -2.39. The number of alkyl carbamates (subject to hydrolysis) is 1. The molecule has 2 rings (SSSR count). The average Bonchev–Trinajstić information content (AvgIpc) is 2.90. The molecule has 1 aromatic heterocycles. The first kappa shape index (κ1) is 15.4. The highest BCUT2D eigenvalue weighted by molar-refractivity contribution is 7.91. The van der Waals surface area contributed by atoms with Crippen molar-refractivity contribution < 1.29 is 22.7 Å². The second-order valence-corrected chi connectivity index (χ2v) is 6.82. The summed E-state index contributed by atoms with van der Waals surface area (Å²) < 4.78 is 30.9. The zero-order chi connectivity index (χ0) is 15.5. The van der Waals surface area contributed by atoms with Crippen molar-refractivity contribution in [1.82, 2.24) is 10.0 Å². The van der Waals surface area contributed by atoms with E-state index >= 15 is 0 Å². The first-order chi connectivity index (χ1) is 9.94. The molecule has 0 saturated carbocycles. The van der Waals surface area contributed by atoms with Gasteiger partial charge in [0.15, 0.2) is 0 Å². The molecule has 0 aliphatic carbocycles. The van der Waals surface area contributed by atoms with Crippen molar-refractivity contribution in [2.75, 3.05) is 13.7 Å². The van der Waals surface area contributed by atoms with Crippen LogP contribution in [0.3, 0.4) is 0 Å². The number of ether oxygens (including phenoxy) is 1. The normalized spacial score (nSPS) is 11.3. The SMILES string of the molecule is COC(=O)NC(=O)CNS(=O)(=O)c1scc2ccccc12. The van der Waals surface area contributed by atoms with Crippen LogP contribution < -0.4 is 10.0 Å². The standard InChI is InChI=1S/C12H12N2O5S2/c1-19-12(16)14-10(15)6-13-21(17,18)11-9-5-3-2-4-8(9)7-20-11/h2-5,7,13H,6H2,1H3,(H,14,15,16). The topological polar surface area (TPSA) is 102 Å². The maximum atomic E-state index is 12.2. The summed E-state index contributed by atoms with van der Waals surface area (Å²) in [6, 6.07) is 7.03. The Morgan fingerprint density at radius 1 is 1.29 bits per heavy atom. The van der Waals surface area contributed by atoms with Gasteiger partial charge in [0.2, 0.25) is 5.91 Å². The minimum atomic E-state index is -3.83. The van der Waals surface area contributed by atoms with Gasteiger partial charge in [0.1, 0.15) is 4.21 Å². The number of imide groups is 1. The third-order valence-corrected chi connectivity index (χ3v) is 5.55. The van der Waals surface area contributed by atoms with Gasteiger partial charge >= 0.3 is 6.09 Å². The largest absolute Gasteiger partial charge is 0.453 e. The molecule has 0 aliphatic rings. The fourth-order valence-electron chi connectivity index (χ4n) is 1.61. The number of carbonyl (C=O) groups is 2. The molecule has 1 aromatic carbocycles. The minimum Gasteiger partial charge on any atom is -0.453 e. The molecule has 0 aliphatic heterocycles. The summed E-state index contributed by atoms with van der Waals surface area (Å²) in [5.74, 6) is -0.800. The summed E-state index contributed by atoms with van der Waals surface area (Å²) in [6.07, 6.45) is -0.944. The summed E-state index contributed by atoms with van der Waals surface area (Å²) >= 11 is 1.07. The lowest BCUT2D eigenvalue weighted by molar-refractivity contribution is -0.119. The Hall–Kier alpha value is -1.97. The number of fused-ring (bicyclic) bond motifs is 1. The number of hydrogen-bond acceptors (Lipinski definition) is 6. The molecule has 9 heteroatoms. The van der Waals surface area contributed by atoms with Gasteiger partial charge in [-0.25, -0.2) is 17.9 Å². The van der Waals surface area contributed by atoms with E-state index in [2.05, 4.69) is 9.46 Å². The molecular weight excluding hydrogens is 316 g/mol. The molecule has 0 atom stereocenters. The fraction of sp³-hybridized carbons (Fsp3) is 0.167. The van der Waals surface area contributed by atoms with Gasteiger partial charge < -0.3 is 4.74 Å². The van der Waals surface area contributed by atoms with Crippen molar-refractivity contribution in [2.24, 2.45) is 0 Å². The van der Waals surface area contributed by atoms with Crippen molar-refractivity contribution in [3.05, 3.63) is 29.6 Å². The Labute approximate surface area is 125 Å². The van der Waals surface area contributed by atoms with Crippen molar-refractivity contribution in [2.45, 2.75) is 4.21 Å². The molecule has 0 unspecified atom stereocenters. The predicted molar refractivity (Wildman–Crippen MR) is 77.6 cm³/mol. The van der Waals surface area contributed by atoms with E-state index in [4.69, 9.17) is 0 Å². The average molecular weight is 328 g/mol. The quantitative estimate of drug-likeness (QED) is 0.874. The summed E-state index contributed by atoms with van der Waals surface area (Å²) in [5, 5.41) is 4.98. The number of hydrogen-bond donors (Lipinski definition) is 2. The molecule has 0 radical (unpaired) electrons. The lowest BCUT2D eigenvalue weighted by Gasteiger charge is -2.05. The maximum absolute atomic E-state index is 12.2. The van der Waals surface area contributed by atoms with E-state index in [1.165, 1.54) is 0 Å². The van der Waals surface area contributed by atoms with Crippen molar-refractivity contribution >= 4 is 44.1 Å². The fourth-order valence-corrected chi connectivity index (χ4v) is 4.12. The van der Waals surface area contributed by atoms with E-state index in [-0.39, 0.29) is 4.21 Å². The zero-order valence-corrected chi connectivity index (χ0v) is 12.6. The van der Waals surface area contributed by atoms with Crippen LogP contribution in [-0.2, 0) is 19.6 Å². The van der Waals surface area contributed by atoms with Crippen LogP contribution >= 0.6 is 11.3 Å². The summed E-state index contributed by atoms with van der Waals surface area (Å²) in [6.45, 7) is -0.552. The highest BCUT2D eigenvalue weighted by atomic mass is 32.2. The summed E-state index contributed by atoms with van der Waals surface area (Å²) in [7, 11) is -2.72. The minimum absolute atomic E-state index is 0.129. The van der Waals surface area contributed by atoms with Crippen molar-refractivity contribution in [1.29, 1.82) is 0 Å². The van der Waals surface area contributed by atoms with Crippen LogP contribution in [0.5, 0.6) is 0 Å². The maximum Gasteiger partial charge on any atom is 0.413 e. The van der Waals surface area contributed by atoms with Crippen LogP contribution in [0.1, 0.15) is 0 Å². The van der Waals surface area contributed by atoms with Crippen LogP contribution in [0, 0.1) is 0 Å². The van der Waals surface area contributed by atoms with Crippen LogP contribution in [0.15, 0.2) is 33.9 Å². The van der Waals surface area contributed by atoms with E-state index in [0.717, 1.165) is 23.8 Å². The highest BCUT2D eigenvalue weighted by Crippen LogP contribution is 2.29. The molecule has 0 fully saturated rings. The molecule has 112 valence electrons. The van der Waals surface area contributed by atoms with Crippen molar-refractivity contribution in [3.8, 4) is 0 Å². The second kappa shape index (κ2) is 6.20. The van der Waals surface area contributed by atoms with Crippen LogP contribution in [0.25, 0.3) is 10.8 Å². The lowest BCUT2D eigenvalue weighted by atomic mass is 10.2. The number of methoxy groups -OCH3 is 1. The van der Waals surface area contributed by atoms with Gasteiger partial charge in [0, 0.05) is 5.39 Å². The summed E-state index contributed by atoms with van der Waals surface area (Å²) in [5.41, 5.74) is 0. The first-order valence-electron chi connectivity index (χ1n) is 5.78. The van der Waals surface area contributed by atoms with Gasteiger partial charge in [0.05, 0.1) is 13.7 Å². The smallest absolute Gasteiger partial charge is 0.413 e. The van der Waals surface area contributed by atoms with E-state index in [0.29, 0.717) is 5.39 Å². The molecule has 2 aromatic rings. The molecule has 0 bridgehead atoms. The number of rotatable bonds is 4.